The van der Waals surface area contributed by atoms with Gasteiger partial charge in [0.15, 0.2) is 0 Å². The summed E-state index contributed by atoms with van der Waals surface area (Å²) in [6.45, 7) is 2.79. The molecule has 1 N–H and O–H groups in total. The average molecular weight is 260 g/mol. The van der Waals surface area contributed by atoms with E-state index in [2.05, 4.69) is 5.32 Å². The van der Waals surface area contributed by atoms with Gasteiger partial charge in [-0.05, 0) is 43.5 Å². The van der Waals surface area contributed by atoms with E-state index in [9.17, 15) is 8.78 Å². The molecular weight excluding hydrogens is 244 g/mol. The number of hydrogen-bond acceptors (Lipinski definition) is 1. The largest absolute Gasteiger partial charge is 0.316 e. The fourth-order valence-corrected chi connectivity index (χ4v) is 2.79. The van der Waals surface area contributed by atoms with E-state index in [1.807, 2.05) is 0 Å². The number of alkyl halides is 2. The molecular formula is C13H16ClF2N. The fourth-order valence-electron chi connectivity index (χ4n) is 2.43. The summed E-state index contributed by atoms with van der Waals surface area (Å²) in [6.07, 6.45) is 1.72. The Bertz CT molecular complexity index is 395. The van der Waals surface area contributed by atoms with Crippen molar-refractivity contribution in [3.63, 3.8) is 0 Å². The lowest BCUT2D eigenvalue weighted by atomic mass is 9.93. The van der Waals surface area contributed by atoms with Crippen molar-refractivity contribution in [2.45, 2.75) is 25.7 Å². The van der Waals surface area contributed by atoms with Crippen molar-refractivity contribution in [3.8, 4) is 0 Å². The Morgan fingerprint density at radius 2 is 2.24 bits per heavy atom. The smallest absolute Gasteiger partial charge is 0.272 e. The van der Waals surface area contributed by atoms with Crippen LogP contribution in [0.2, 0.25) is 5.02 Å². The van der Waals surface area contributed by atoms with Gasteiger partial charge in [-0.1, -0.05) is 23.7 Å². The first kappa shape index (κ1) is 12.8. The topological polar surface area (TPSA) is 12.0 Å². The summed E-state index contributed by atoms with van der Waals surface area (Å²) in [5.74, 6) is -2.44. The van der Waals surface area contributed by atoms with Crippen molar-refractivity contribution in [2.75, 3.05) is 13.1 Å². The van der Waals surface area contributed by atoms with Crippen LogP contribution in [0.1, 0.15) is 24.5 Å². The molecule has 1 aromatic rings. The maximum absolute atomic E-state index is 13.5. The van der Waals surface area contributed by atoms with Crippen molar-refractivity contribution in [1.29, 1.82) is 0 Å². The van der Waals surface area contributed by atoms with Gasteiger partial charge in [0.05, 0.1) is 5.02 Å². The minimum Gasteiger partial charge on any atom is -0.316 e. The van der Waals surface area contributed by atoms with Gasteiger partial charge >= 0.3 is 0 Å². The molecule has 17 heavy (non-hydrogen) atoms. The summed E-state index contributed by atoms with van der Waals surface area (Å²) >= 11 is 5.90. The highest BCUT2D eigenvalue weighted by Crippen LogP contribution is 2.36. The second kappa shape index (κ2) is 4.91. The highest BCUT2D eigenvalue weighted by molar-refractivity contribution is 6.31. The van der Waals surface area contributed by atoms with E-state index in [4.69, 9.17) is 11.6 Å². The van der Waals surface area contributed by atoms with Crippen molar-refractivity contribution in [3.05, 3.63) is 34.3 Å². The molecule has 1 aliphatic heterocycles. The molecule has 0 spiro atoms. The van der Waals surface area contributed by atoms with Gasteiger partial charge in [-0.2, -0.15) is 0 Å². The Balaban J connectivity index is 2.29. The minimum absolute atomic E-state index is 0.00596. The third-order valence-corrected chi connectivity index (χ3v) is 3.52. The van der Waals surface area contributed by atoms with Gasteiger partial charge in [0.25, 0.3) is 5.92 Å². The maximum Gasteiger partial charge on any atom is 0.272 e. The predicted molar refractivity (Wildman–Crippen MR) is 65.7 cm³/mol. The monoisotopic (exact) mass is 259 g/mol. The second-order valence-electron chi connectivity index (χ2n) is 4.73. The zero-order valence-corrected chi connectivity index (χ0v) is 10.5. The van der Waals surface area contributed by atoms with Gasteiger partial charge in [-0.15, -0.1) is 0 Å². The number of benzene rings is 1. The molecule has 1 atom stereocenters. The summed E-state index contributed by atoms with van der Waals surface area (Å²) in [5, 5.41) is 3.41. The zero-order valence-electron chi connectivity index (χ0n) is 9.77. The average Bonchev–Trinajstić information content (AvgIpc) is 2.68. The standard InChI is InChI=1S/C13H16ClF2N/c1-13(15,16)12-10(3-2-4-11(12)14)7-9-5-6-17-8-9/h2-4,9,17H,5-8H2,1H3. The number of halogens is 3. The van der Waals surface area contributed by atoms with Gasteiger partial charge in [-0.25, -0.2) is 8.78 Å². The molecule has 0 aliphatic carbocycles. The Morgan fingerprint density at radius 1 is 1.47 bits per heavy atom. The predicted octanol–water partition coefficient (Wildman–Crippen LogP) is 3.60. The SMILES string of the molecule is CC(F)(F)c1c(Cl)cccc1CC1CCNC1. The summed E-state index contributed by atoms with van der Waals surface area (Å²) in [4.78, 5) is 0. The molecule has 94 valence electrons. The lowest BCUT2D eigenvalue weighted by Gasteiger charge is -2.19. The van der Waals surface area contributed by atoms with Crippen molar-refractivity contribution < 1.29 is 8.78 Å². The van der Waals surface area contributed by atoms with Gasteiger partial charge in [0.1, 0.15) is 0 Å². The summed E-state index contributed by atoms with van der Waals surface area (Å²) in [5.41, 5.74) is 0.673. The van der Waals surface area contributed by atoms with Crippen LogP contribution in [0.25, 0.3) is 0 Å². The van der Waals surface area contributed by atoms with Gasteiger partial charge < -0.3 is 5.32 Å². The first-order chi connectivity index (χ1) is 7.98. The second-order valence-corrected chi connectivity index (χ2v) is 5.13. The van der Waals surface area contributed by atoms with E-state index in [0.717, 1.165) is 26.4 Å². The third-order valence-electron chi connectivity index (χ3n) is 3.21. The van der Waals surface area contributed by atoms with E-state index in [-0.39, 0.29) is 10.6 Å². The van der Waals surface area contributed by atoms with Crippen LogP contribution in [-0.4, -0.2) is 13.1 Å². The van der Waals surface area contributed by atoms with Crippen molar-refractivity contribution in [1.82, 2.24) is 5.32 Å². The van der Waals surface area contributed by atoms with E-state index in [1.54, 1.807) is 12.1 Å². The number of hydrogen-bond donors (Lipinski definition) is 1. The molecule has 0 aromatic heterocycles. The lowest BCUT2D eigenvalue weighted by molar-refractivity contribution is 0.0165. The summed E-state index contributed by atoms with van der Waals surface area (Å²) in [7, 11) is 0. The quantitative estimate of drug-likeness (QED) is 0.875. The third kappa shape index (κ3) is 2.96. The van der Waals surface area contributed by atoms with Crippen molar-refractivity contribution >= 4 is 11.6 Å². The van der Waals surface area contributed by atoms with Gasteiger partial charge in [0, 0.05) is 12.5 Å². The van der Waals surface area contributed by atoms with Gasteiger partial charge in [0.2, 0.25) is 0 Å². The highest BCUT2D eigenvalue weighted by atomic mass is 35.5. The molecule has 1 unspecified atom stereocenters. The molecule has 0 radical (unpaired) electrons. The molecule has 0 amide bonds. The highest BCUT2D eigenvalue weighted by Gasteiger charge is 2.31. The van der Waals surface area contributed by atoms with E-state index in [0.29, 0.717) is 17.9 Å². The number of rotatable bonds is 3. The Labute approximate surface area is 105 Å². The van der Waals surface area contributed by atoms with E-state index in [1.165, 1.54) is 6.07 Å². The molecule has 1 fully saturated rings. The van der Waals surface area contributed by atoms with Crippen LogP contribution in [-0.2, 0) is 12.3 Å². The van der Waals surface area contributed by atoms with Crippen LogP contribution in [0, 0.1) is 5.92 Å². The molecule has 1 heterocycles. The first-order valence-electron chi connectivity index (χ1n) is 5.85. The zero-order chi connectivity index (χ0) is 12.5. The molecule has 4 heteroatoms. The Kier molecular flexibility index (Phi) is 3.69. The molecule has 1 aliphatic rings. The molecule has 0 bridgehead atoms. The van der Waals surface area contributed by atoms with Gasteiger partial charge in [-0.3, -0.25) is 0 Å². The van der Waals surface area contributed by atoms with Crippen molar-refractivity contribution in [2.24, 2.45) is 5.92 Å². The molecule has 1 saturated heterocycles. The molecule has 0 saturated carbocycles. The van der Waals surface area contributed by atoms with Crippen LogP contribution >= 0.6 is 11.6 Å². The Hall–Kier alpha value is -0.670. The molecule has 1 aromatic carbocycles. The Morgan fingerprint density at radius 3 is 2.82 bits per heavy atom. The van der Waals surface area contributed by atoms with Crippen LogP contribution in [0.4, 0.5) is 8.78 Å². The van der Waals surface area contributed by atoms with E-state index < -0.39 is 5.92 Å². The summed E-state index contributed by atoms with van der Waals surface area (Å²) < 4.78 is 27.1. The normalized spacial score (nSPS) is 20.8. The van der Waals surface area contributed by atoms with E-state index >= 15 is 0 Å². The molecule has 2 rings (SSSR count). The van der Waals surface area contributed by atoms with Crippen LogP contribution in [0.15, 0.2) is 18.2 Å². The molecule has 1 nitrogen and oxygen atoms in total. The van der Waals surface area contributed by atoms with Crippen LogP contribution < -0.4 is 5.32 Å². The first-order valence-corrected chi connectivity index (χ1v) is 6.22. The fraction of sp³-hybridized carbons (Fsp3) is 0.538. The minimum atomic E-state index is -2.88. The number of nitrogens with one attached hydrogen (secondary N) is 1. The maximum atomic E-state index is 13.5. The summed E-state index contributed by atoms with van der Waals surface area (Å²) in [6, 6.07) is 5.04. The van der Waals surface area contributed by atoms with Crippen LogP contribution in [0.5, 0.6) is 0 Å². The lowest BCUT2D eigenvalue weighted by Crippen LogP contribution is -2.16. The van der Waals surface area contributed by atoms with Crippen LogP contribution in [0.3, 0.4) is 0 Å².